The number of hydrogen-bond acceptors (Lipinski definition) is 3. The van der Waals surface area contributed by atoms with Crippen LogP contribution in [0.2, 0.25) is 0 Å². The van der Waals surface area contributed by atoms with Gasteiger partial charge in [0, 0.05) is 23.0 Å². The Bertz CT molecular complexity index is 371. The number of alkyl halides is 1. The summed E-state index contributed by atoms with van der Waals surface area (Å²) in [5, 5.41) is 10.4. The number of nitrogens with zero attached hydrogens (tertiary/aromatic N) is 2. The molecule has 0 fully saturated rings. The highest BCUT2D eigenvalue weighted by atomic mass is 79.9. The van der Waals surface area contributed by atoms with Crippen molar-refractivity contribution < 1.29 is 4.92 Å². The summed E-state index contributed by atoms with van der Waals surface area (Å²) >= 11 is 3.61. The molecule has 1 atom stereocenters. The van der Waals surface area contributed by atoms with Crippen molar-refractivity contribution in [2.24, 2.45) is 5.41 Å². The van der Waals surface area contributed by atoms with Crippen molar-refractivity contribution in [3.8, 4) is 0 Å². The molecule has 1 rings (SSSR count). The summed E-state index contributed by atoms with van der Waals surface area (Å²) in [6.45, 7) is 6.41. The Morgan fingerprint density at radius 1 is 1.50 bits per heavy atom. The average molecular weight is 287 g/mol. The third-order valence-corrected chi connectivity index (χ3v) is 4.05. The van der Waals surface area contributed by atoms with Crippen LogP contribution in [0.25, 0.3) is 0 Å². The van der Waals surface area contributed by atoms with Crippen LogP contribution in [-0.4, -0.2) is 14.7 Å². The van der Waals surface area contributed by atoms with E-state index in [1.54, 1.807) is 6.07 Å². The van der Waals surface area contributed by atoms with E-state index in [1.807, 2.05) is 0 Å². The zero-order chi connectivity index (χ0) is 12.3. The molecule has 1 unspecified atom stereocenters. The molecule has 1 aromatic heterocycles. The Morgan fingerprint density at radius 3 is 2.50 bits per heavy atom. The lowest BCUT2D eigenvalue weighted by molar-refractivity contribution is -0.385. The number of nitro groups is 1. The van der Waals surface area contributed by atoms with Crippen LogP contribution in [0.1, 0.15) is 26.5 Å². The molecule has 1 aromatic rings. The quantitative estimate of drug-likeness (QED) is 0.486. The first-order valence-electron chi connectivity index (χ1n) is 5.04. The first-order chi connectivity index (χ1) is 7.30. The fraction of sp³-hybridized carbons (Fsp3) is 0.545. The molecule has 5 heteroatoms. The van der Waals surface area contributed by atoms with Gasteiger partial charge < -0.3 is 0 Å². The van der Waals surface area contributed by atoms with Crippen LogP contribution in [0.15, 0.2) is 18.3 Å². The van der Waals surface area contributed by atoms with Crippen molar-refractivity contribution >= 4 is 21.6 Å². The number of rotatable bonds is 3. The fourth-order valence-corrected chi connectivity index (χ4v) is 1.47. The van der Waals surface area contributed by atoms with Gasteiger partial charge in [-0.1, -0.05) is 36.7 Å². The monoisotopic (exact) mass is 286 g/mol. The summed E-state index contributed by atoms with van der Waals surface area (Å²) in [5.74, 6) is 0. The smallest absolute Gasteiger partial charge is 0.258 e. The third kappa shape index (κ3) is 3.56. The van der Waals surface area contributed by atoms with Gasteiger partial charge in [-0.15, -0.1) is 0 Å². The summed E-state index contributed by atoms with van der Waals surface area (Å²) < 4.78 is 0. The number of aromatic nitrogens is 1. The molecule has 0 aromatic carbocycles. The Labute approximate surface area is 103 Å². The third-order valence-electron chi connectivity index (χ3n) is 2.35. The van der Waals surface area contributed by atoms with Crippen molar-refractivity contribution in [2.45, 2.75) is 32.0 Å². The summed E-state index contributed by atoms with van der Waals surface area (Å²) in [6.07, 6.45) is 2.07. The first-order valence-corrected chi connectivity index (χ1v) is 5.95. The minimum Gasteiger partial charge on any atom is -0.258 e. The number of pyridine rings is 1. The Kier molecular flexibility index (Phi) is 4.02. The van der Waals surface area contributed by atoms with E-state index in [0.29, 0.717) is 4.83 Å². The lowest BCUT2D eigenvalue weighted by atomic mass is 9.89. The SMILES string of the molecule is CC(C)(C)C(Br)Cc1ccc([N+](=O)[O-])cn1. The molecule has 0 aliphatic rings. The highest BCUT2D eigenvalue weighted by Crippen LogP contribution is 2.28. The predicted octanol–water partition coefficient (Wildman–Crippen LogP) is 3.34. The molecule has 0 bridgehead atoms. The van der Waals surface area contributed by atoms with Gasteiger partial charge in [-0.05, 0) is 11.5 Å². The fourth-order valence-electron chi connectivity index (χ4n) is 1.14. The van der Waals surface area contributed by atoms with Crippen LogP contribution >= 0.6 is 15.9 Å². The van der Waals surface area contributed by atoms with Gasteiger partial charge in [-0.3, -0.25) is 15.1 Å². The van der Waals surface area contributed by atoms with Gasteiger partial charge in [0.2, 0.25) is 0 Å². The van der Waals surface area contributed by atoms with Gasteiger partial charge in [0.25, 0.3) is 5.69 Å². The zero-order valence-corrected chi connectivity index (χ0v) is 11.2. The van der Waals surface area contributed by atoms with Crippen LogP contribution in [0.5, 0.6) is 0 Å². The molecule has 0 spiro atoms. The average Bonchev–Trinajstić information content (AvgIpc) is 2.17. The van der Waals surface area contributed by atoms with Crippen molar-refractivity contribution in [3.05, 3.63) is 34.1 Å². The summed E-state index contributed by atoms with van der Waals surface area (Å²) in [5.41, 5.74) is 1.04. The van der Waals surface area contributed by atoms with Crippen LogP contribution in [0.4, 0.5) is 5.69 Å². The van der Waals surface area contributed by atoms with Gasteiger partial charge in [0.05, 0.1) is 4.92 Å². The van der Waals surface area contributed by atoms with Gasteiger partial charge in [0.15, 0.2) is 0 Å². The summed E-state index contributed by atoms with van der Waals surface area (Å²) in [4.78, 5) is 14.4. The molecule has 88 valence electrons. The molecular formula is C11H15BrN2O2. The molecule has 4 nitrogen and oxygen atoms in total. The maximum Gasteiger partial charge on any atom is 0.287 e. The summed E-state index contributed by atoms with van der Waals surface area (Å²) in [6, 6.07) is 3.20. The second-order valence-corrected chi connectivity index (χ2v) is 5.91. The normalized spacial score (nSPS) is 13.5. The highest BCUT2D eigenvalue weighted by molar-refractivity contribution is 9.09. The van der Waals surface area contributed by atoms with Crippen LogP contribution in [0.3, 0.4) is 0 Å². The van der Waals surface area contributed by atoms with Crippen molar-refractivity contribution in [3.63, 3.8) is 0 Å². The van der Waals surface area contributed by atoms with Crippen molar-refractivity contribution in [2.75, 3.05) is 0 Å². The van der Waals surface area contributed by atoms with E-state index in [1.165, 1.54) is 12.3 Å². The molecule has 0 aliphatic heterocycles. The maximum absolute atomic E-state index is 10.4. The molecule has 0 saturated heterocycles. The molecule has 1 heterocycles. The predicted molar refractivity (Wildman–Crippen MR) is 66.8 cm³/mol. The Hall–Kier alpha value is -0.970. The largest absolute Gasteiger partial charge is 0.287 e. The molecule has 0 saturated carbocycles. The molecule has 16 heavy (non-hydrogen) atoms. The van der Waals surface area contributed by atoms with Gasteiger partial charge in [-0.25, -0.2) is 0 Å². The molecule has 0 aliphatic carbocycles. The standard InChI is InChI=1S/C11H15BrN2O2/c1-11(2,3)10(12)6-8-4-5-9(7-13-8)14(15)16/h4-5,7,10H,6H2,1-3H3. The molecular weight excluding hydrogens is 272 g/mol. The summed E-state index contributed by atoms with van der Waals surface area (Å²) in [7, 11) is 0. The van der Waals surface area contributed by atoms with Crippen molar-refractivity contribution in [1.82, 2.24) is 4.98 Å². The van der Waals surface area contributed by atoms with E-state index in [9.17, 15) is 10.1 Å². The van der Waals surface area contributed by atoms with E-state index in [4.69, 9.17) is 0 Å². The second-order valence-electron chi connectivity index (χ2n) is 4.80. The van der Waals surface area contributed by atoms with Crippen LogP contribution in [-0.2, 0) is 6.42 Å². The van der Waals surface area contributed by atoms with Crippen molar-refractivity contribution in [1.29, 1.82) is 0 Å². The molecule has 0 radical (unpaired) electrons. The molecule has 0 amide bonds. The molecule has 0 N–H and O–H groups in total. The zero-order valence-electron chi connectivity index (χ0n) is 9.61. The topological polar surface area (TPSA) is 56.0 Å². The number of halogens is 1. The Morgan fingerprint density at radius 2 is 2.12 bits per heavy atom. The van der Waals surface area contributed by atoms with Gasteiger partial charge >= 0.3 is 0 Å². The minimum absolute atomic E-state index is 0.0330. The minimum atomic E-state index is -0.438. The Balaban J connectivity index is 2.73. The van der Waals surface area contributed by atoms with Gasteiger partial charge in [0.1, 0.15) is 6.20 Å². The van der Waals surface area contributed by atoms with Crippen LogP contribution in [0, 0.1) is 15.5 Å². The lowest BCUT2D eigenvalue weighted by Crippen LogP contribution is -2.22. The first kappa shape index (κ1) is 13.1. The van der Waals surface area contributed by atoms with Crippen LogP contribution < -0.4 is 0 Å². The van der Waals surface area contributed by atoms with E-state index < -0.39 is 4.92 Å². The number of hydrogen-bond donors (Lipinski definition) is 0. The van der Waals surface area contributed by atoms with Gasteiger partial charge in [-0.2, -0.15) is 0 Å². The van der Waals surface area contributed by atoms with E-state index >= 15 is 0 Å². The lowest BCUT2D eigenvalue weighted by Gasteiger charge is -2.25. The van der Waals surface area contributed by atoms with E-state index in [0.717, 1.165) is 12.1 Å². The highest BCUT2D eigenvalue weighted by Gasteiger charge is 2.22. The maximum atomic E-state index is 10.4. The second kappa shape index (κ2) is 4.91. The van der Waals surface area contributed by atoms with E-state index in [2.05, 4.69) is 41.7 Å². The van der Waals surface area contributed by atoms with E-state index in [-0.39, 0.29) is 11.1 Å².